The van der Waals surface area contributed by atoms with E-state index in [4.69, 9.17) is 0 Å². The van der Waals surface area contributed by atoms with Gasteiger partial charge in [-0.05, 0) is 12.1 Å². The Morgan fingerprint density at radius 1 is 1.36 bits per heavy atom. The van der Waals surface area contributed by atoms with Gasteiger partial charge in [0, 0.05) is 7.05 Å². The number of hydrogen-bond donors (Lipinski definition) is 2. The molecule has 0 aliphatic carbocycles. The smallest absolute Gasteiger partial charge is 0.239 e. The van der Waals surface area contributed by atoms with Crippen LogP contribution < -0.4 is 10.6 Å². The summed E-state index contributed by atoms with van der Waals surface area (Å²) in [5.74, 6) is -1.77. The van der Waals surface area contributed by atoms with Crippen LogP contribution in [0.15, 0.2) is 18.2 Å². The molecular weight excluding hydrogens is 190 g/mol. The second-order valence-electron chi connectivity index (χ2n) is 2.62. The fourth-order valence-corrected chi connectivity index (χ4v) is 0.924. The van der Waals surface area contributed by atoms with E-state index in [1.165, 1.54) is 13.1 Å². The van der Waals surface area contributed by atoms with Crippen molar-refractivity contribution in [3.8, 4) is 0 Å². The monoisotopic (exact) mass is 200 g/mol. The first-order chi connectivity index (χ1) is 6.65. The molecule has 2 N–H and O–H groups in total. The maximum Gasteiger partial charge on any atom is 0.239 e. The topological polar surface area (TPSA) is 41.1 Å². The van der Waals surface area contributed by atoms with Gasteiger partial charge in [0.15, 0.2) is 0 Å². The second-order valence-corrected chi connectivity index (χ2v) is 2.62. The van der Waals surface area contributed by atoms with Crippen LogP contribution in [0.5, 0.6) is 0 Å². The number of amides is 1. The first kappa shape index (κ1) is 10.4. The number of nitrogens with one attached hydrogen (secondary N) is 2. The zero-order valence-electron chi connectivity index (χ0n) is 7.60. The van der Waals surface area contributed by atoms with Crippen molar-refractivity contribution >= 4 is 11.6 Å². The summed E-state index contributed by atoms with van der Waals surface area (Å²) in [4.78, 5) is 10.8. The Morgan fingerprint density at radius 3 is 2.43 bits per heavy atom. The summed E-state index contributed by atoms with van der Waals surface area (Å²) in [6, 6.07) is 3.50. The third-order valence-electron chi connectivity index (χ3n) is 1.67. The summed E-state index contributed by atoms with van der Waals surface area (Å²) in [5, 5.41) is 4.70. The van der Waals surface area contributed by atoms with Gasteiger partial charge in [0.05, 0.1) is 6.54 Å². The standard InChI is InChI=1S/C9H10F2N2O/c1-12-8(14)5-13-9-6(10)3-2-4-7(9)11/h2-4,13H,5H2,1H3,(H,12,14). The van der Waals surface area contributed by atoms with Gasteiger partial charge in [0.1, 0.15) is 17.3 Å². The lowest BCUT2D eigenvalue weighted by Gasteiger charge is -2.07. The average Bonchev–Trinajstić information content (AvgIpc) is 2.16. The fraction of sp³-hybridized carbons (Fsp3) is 0.222. The Labute approximate surface area is 80.1 Å². The highest BCUT2D eigenvalue weighted by atomic mass is 19.1. The molecular formula is C9H10F2N2O. The average molecular weight is 200 g/mol. The van der Waals surface area contributed by atoms with Crippen LogP contribution in [0.1, 0.15) is 0 Å². The number of hydrogen-bond acceptors (Lipinski definition) is 2. The summed E-state index contributed by atoms with van der Waals surface area (Å²) in [7, 11) is 1.45. The van der Waals surface area contributed by atoms with Gasteiger partial charge in [-0.2, -0.15) is 0 Å². The molecule has 0 fully saturated rings. The van der Waals surface area contributed by atoms with Crippen LogP contribution in [0.4, 0.5) is 14.5 Å². The van der Waals surface area contributed by atoms with Crippen LogP contribution in [-0.2, 0) is 4.79 Å². The van der Waals surface area contributed by atoms with Crippen LogP contribution in [-0.4, -0.2) is 19.5 Å². The number of para-hydroxylation sites is 1. The minimum absolute atomic E-state index is 0.158. The Bertz CT molecular complexity index is 321. The summed E-state index contributed by atoms with van der Waals surface area (Å²) >= 11 is 0. The molecule has 1 aromatic rings. The van der Waals surface area contributed by atoms with Crippen molar-refractivity contribution in [2.24, 2.45) is 0 Å². The van der Waals surface area contributed by atoms with E-state index in [1.54, 1.807) is 0 Å². The van der Waals surface area contributed by atoms with Crippen molar-refractivity contribution in [3.05, 3.63) is 29.8 Å². The van der Waals surface area contributed by atoms with E-state index in [1.807, 2.05) is 0 Å². The zero-order chi connectivity index (χ0) is 10.6. The minimum atomic E-state index is -0.714. The number of halogens is 2. The Morgan fingerprint density at radius 2 is 1.93 bits per heavy atom. The molecule has 14 heavy (non-hydrogen) atoms. The van der Waals surface area contributed by atoms with Crippen LogP contribution in [0.25, 0.3) is 0 Å². The first-order valence-electron chi connectivity index (χ1n) is 4.03. The van der Waals surface area contributed by atoms with Crippen LogP contribution in [0.2, 0.25) is 0 Å². The highest BCUT2D eigenvalue weighted by molar-refractivity contribution is 5.80. The van der Waals surface area contributed by atoms with Gasteiger partial charge >= 0.3 is 0 Å². The van der Waals surface area contributed by atoms with Gasteiger partial charge in [-0.3, -0.25) is 4.79 Å². The SMILES string of the molecule is CNC(=O)CNc1c(F)cccc1F. The van der Waals surface area contributed by atoms with Crippen LogP contribution >= 0.6 is 0 Å². The lowest BCUT2D eigenvalue weighted by molar-refractivity contribution is -0.118. The maximum absolute atomic E-state index is 13.0. The number of anilines is 1. The number of carbonyl (C=O) groups is 1. The minimum Gasteiger partial charge on any atom is -0.371 e. The normalized spacial score (nSPS) is 9.64. The van der Waals surface area contributed by atoms with Gasteiger partial charge in [0.2, 0.25) is 5.91 Å². The number of rotatable bonds is 3. The molecule has 0 spiro atoms. The molecule has 0 atom stereocenters. The van der Waals surface area contributed by atoms with E-state index < -0.39 is 11.6 Å². The predicted octanol–water partition coefficient (Wildman–Crippen LogP) is 1.12. The molecule has 1 aromatic carbocycles. The second kappa shape index (κ2) is 4.55. The fourth-order valence-electron chi connectivity index (χ4n) is 0.924. The number of benzene rings is 1. The van der Waals surface area contributed by atoms with Crippen molar-refractivity contribution in [1.82, 2.24) is 5.32 Å². The van der Waals surface area contributed by atoms with Crippen LogP contribution in [0, 0.1) is 11.6 Å². The lowest BCUT2D eigenvalue weighted by Crippen LogP contribution is -2.26. The van der Waals surface area contributed by atoms with E-state index in [-0.39, 0.29) is 18.1 Å². The molecule has 1 amide bonds. The van der Waals surface area contributed by atoms with Gasteiger partial charge < -0.3 is 10.6 Å². The third kappa shape index (κ3) is 2.42. The van der Waals surface area contributed by atoms with E-state index in [0.29, 0.717) is 0 Å². The van der Waals surface area contributed by atoms with Crippen molar-refractivity contribution in [2.45, 2.75) is 0 Å². The highest BCUT2D eigenvalue weighted by Crippen LogP contribution is 2.17. The molecule has 0 aromatic heterocycles. The molecule has 0 saturated carbocycles. The van der Waals surface area contributed by atoms with Gasteiger partial charge in [-0.25, -0.2) is 8.78 Å². The quantitative estimate of drug-likeness (QED) is 0.767. The van der Waals surface area contributed by atoms with Crippen molar-refractivity contribution in [2.75, 3.05) is 18.9 Å². The van der Waals surface area contributed by atoms with Gasteiger partial charge in [0.25, 0.3) is 0 Å². The van der Waals surface area contributed by atoms with E-state index in [9.17, 15) is 13.6 Å². The van der Waals surface area contributed by atoms with E-state index >= 15 is 0 Å². The molecule has 0 unspecified atom stereocenters. The zero-order valence-corrected chi connectivity index (χ0v) is 7.60. The molecule has 5 heteroatoms. The molecule has 0 heterocycles. The Kier molecular flexibility index (Phi) is 3.39. The van der Waals surface area contributed by atoms with Crippen molar-refractivity contribution < 1.29 is 13.6 Å². The molecule has 1 rings (SSSR count). The Balaban J connectivity index is 2.71. The molecule has 0 aliphatic heterocycles. The van der Waals surface area contributed by atoms with Crippen molar-refractivity contribution in [3.63, 3.8) is 0 Å². The molecule has 76 valence electrons. The summed E-state index contributed by atoms with van der Waals surface area (Å²) in [6.45, 7) is -0.158. The summed E-state index contributed by atoms with van der Waals surface area (Å²) in [6.07, 6.45) is 0. The molecule has 0 radical (unpaired) electrons. The number of carbonyl (C=O) groups excluding carboxylic acids is 1. The largest absolute Gasteiger partial charge is 0.371 e. The molecule has 0 bridgehead atoms. The lowest BCUT2D eigenvalue weighted by atomic mass is 10.3. The van der Waals surface area contributed by atoms with Gasteiger partial charge in [-0.1, -0.05) is 6.07 Å². The van der Waals surface area contributed by atoms with E-state index in [2.05, 4.69) is 10.6 Å². The van der Waals surface area contributed by atoms with Crippen molar-refractivity contribution in [1.29, 1.82) is 0 Å². The third-order valence-corrected chi connectivity index (χ3v) is 1.67. The number of likely N-dealkylation sites (N-methyl/N-ethyl adjacent to an activating group) is 1. The predicted molar refractivity (Wildman–Crippen MR) is 48.9 cm³/mol. The van der Waals surface area contributed by atoms with Crippen LogP contribution in [0.3, 0.4) is 0 Å². The van der Waals surface area contributed by atoms with Gasteiger partial charge in [-0.15, -0.1) is 0 Å². The summed E-state index contributed by atoms with van der Waals surface area (Å²) < 4.78 is 25.9. The Hall–Kier alpha value is -1.65. The maximum atomic E-state index is 13.0. The van der Waals surface area contributed by atoms with E-state index in [0.717, 1.165) is 12.1 Å². The summed E-state index contributed by atoms with van der Waals surface area (Å²) in [5.41, 5.74) is -0.281. The highest BCUT2D eigenvalue weighted by Gasteiger charge is 2.08. The first-order valence-corrected chi connectivity index (χ1v) is 4.03. The molecule has 3 nitrogen and oxygen atoms in total. The molecule has 0 saturated heterocycles. The molecule has 0 aliphatic rings.